The lowest BCUT2D eigenvalue weighted by Gasteiger charge is -2.35. The number of aryl methyl sites for hydroxylation is 2. The Morgan fingerprint density at radius 3 is 2.38 bits per heavy atom. The van der Waals surface area contributed by atoms with Crippen LogP contribution in [-0.4, -0.2) is 20.3 Å². The highest BCUT2D eigenvalue weighted by atomic mass is 79.9. The van der Waals surface area contributed by atoms with Gasteiger partial charge in [0.15, 0.2) is 0 Å². The van der Waals surface area contributed by atoms with Crippen molar-refractivity contribution in [1.29, 1.82) is 0 Å². The molecule has 2 rings (SSSR count). The SMILES string of the molecule is Cc1ccc(S(=O)(=O)NCC2(CBr)CCCCC2)cc1C. The summed E-state index contributed by atoms with van der Waals surface area (Å²) < 4.78 is 27.8. The van der Waals surface area contributed by atoms with Crippen LogP contribution in [0.1, 0.15) is 43.2 Å². The predicted octanol–water partition coefficient (Wildman–Crippen LogP) is 3.93. The van der Waals surface area contributed by atoms with Crippen molar-refractivity contribution in [2.24, 2.45) is 5.41 Å². The Hall–Kier alpha value is -0.390. The predicted molar refractivity (Wildman–Crippen MR) is 90.4 cm³/mol. The van der Waals surface area contributed by atoms with Crippen LogP contribution in [0.15, 0.2) is 23.1 Å². The number of sulfonamides is 1. The molecule has 1 aromatic carbocycles. The number of rotatable bonds is 5. The summed E-state index contributed by atoms with van der Waals surface area (Å²) >= 11 is 3.58. The van der Waals surface area contributed by atoms with Gasteiger partial charge in [-0.15, -0.1) is 0 Å². The summed E-state index contributed by atoms with van der Waals surface area (Å²) in [5.41, 5.74) is 2.19. The van der Waals surface area contributed by atoms with Crippen LogP contribution < -0.4 is 4.72 Å². The van der Waals surface area contributed by atoms with Crippen molar-refractivity contribution in [1.82, 2.24) is 4.72 Å². The highest BCUT2D eigenvalue weighted by Crippen LogP contribution is 2.37. The van der Waals surface area contributed by atoms with Crippen LogP contribution >= 0.6 is 15.9 Å². The van der Waals surface area contributed by atoms with Crippen molar-refractivity contribution >= 4 is 26.0 Å². The minimum Gasteiger partial charge on any atom is -0.211 e. The van der Waals surface area contributed by atoms with Crippen molar-refractivity contribution in [3.63, 3.8) is 0 Å². The third-order valence-corrected chi connectivity index (χ3v) is 7.21. The molecule has 0 radical (unpaired) electrons. The number of nitrogens with one attached hydrogen (secondary N) is 1. The lowest BCUT2D eigenvalue weighted by atomic mass is 9.76. The summed E-state index contributed by atoms with van der Waals surface area (Å²) in [4.78, 5) is 0.367. The highest BCUT2D eigenvalue weighted by Gasteiger charge is 2.32. The number of benzene rings is 1. The molecule has 1 saturated carbocycles. The van der Waals surface area contributed by atoms with Gasteiger partial charge in [0, 0.05) is 11.9 Å². The summed E-state index contributed by atoms with van der Waals surface area (Å²) in [5, 5.41) is 0.857. The normalized spacial score (nSPS) is 18.6. The van der Waals surface area contributed by atoms with Crippen LogP contribution in [0.4, 0.5) is 0 Å². The fraction of sp³-hybridized carbons (Fsp3) is 0.625. The Balaban J connectivity index is 2.11. The van der Waals surface area contributed by atoms with Gasteiger partial charge in [-0.3, -0.25) is 0 Å². The van der Waals surface area contributed by atoms with Crippen molar-refractivity contribution in [3.05, 3.63) is 29.3 Å². The van der Waals surface area contributed by atoms with E-state index >= 15 is 0 Å². The zero-order valence-corrected chi connectivity index (χ0v) is 15.2. The monoisotopic (exact) mass is 373 g/mol. The van der Waals surface area contributed by atoms with Crippen molar-refractivity contribution in [3.8, 4) is 0 Å². The maximum Gasteiger partial charge on any atom is 0.240 e. The van der Waals surface area contributed by atoms with Gasteiger partial charge in [-0.05, 0) is 55.4 Å². The zero-order valence-electron chi connectivity index (χ0n) is 12.8. The number of halogens is 1. The lowest BCUT2D eigenvalue weighted by Crippen LogP contribution is -2.40. The molecule has 0 amide bonds. The van der Waals surface area contributed by atoms with Crippen molar-refractivity contribution in [2.45, 2.75) is 50.8 Å². The van der Waals surface area contributed by atoms with Gasteiger partial charge in [-0.25, -0.2) is 13.1 Å². The molecule has 1 aliphatic rings. The van der Waals surface area contributed by atoms with E-state index in [-0.39, 0.29) is 5.41 Å². The van der Waals surface area contributed by atoms with Crippen LogP contribution in [0.3, 0.4) is 0 Å². The second-order valence-corrected chi connectivity index (χ2v) is 8.59. The number of hydrogen-bond acceptors (Lipinski definition) is 2. The molecule has 1 fully saturated rings. The van der Waals surface area contributed by atoms with Gasteiger partial charge in [-0.1, -0.05) is 41.3 Å². The second-order valence-electron chi connectivity index (χ2n) is 6.26. The molecular weight excluding hydrogens is 350 g/mol. The first kappa shape index (κ1) is 17.0. The van der Waals surface area contributed by atoms with Gasteiger partial charge in [0.05, 0.1) is 4.90 Å². The zero-order chi connectivity index (χ0) is 15.5. The molecule has 0 unspecified atom stereocenters. The molecule has 3 nitrogen and oxygen atoms in total. The van der Waals surface area contributed by atoms with E-state index in [0.717, 1.165) is 29.3 Å². The molecule has 21 heavy (non-hydrogen) atoms. The van der Waals surface area contributed by atoms with Gasteiger partial charge >= 0.3 is 0 Å². The Bertz CT molecular complexity index is 592. The van der Waals surface area contributed by atoms with E-state index in [4.69, 9.17) is 0 Å². The van der Waals surface area contributed by atoms with Crippen LogP contribution in [-0.2, 0) is 10.0 Å². The molecule has 0 bridgehead atoms. The first-order valence-electron chi connectivity index (χ1n) is 7.51. The van der Waals surface area contributed by atoms with Gasteiger partial charge in [0.2, 0.25) is 10.0 Å². The maximum absolute atomic E-state index is 12.5. The van der Waals surface area contributed by atoms with Crippen LogP contribution in [0.5, 0.6) is 0 Å². The topological polar surface area (TPSA) is 46.2 Å². The smallest absolute Gasteiger partial charge is 0.211 e. The maximum atomic E-state index is 12.5. The Labute approximate surface area is 136 Å². The first-order valence-corrected chi connectivity index (χ1v) is 10.1. The summed E-state index contributed by atoms with van der Waals surface area (Å²) in [5.74, 6) is 0. The molecule has 1 N–H and O–H groups in total. The molecule has 0 spiro atoms. The fourth-order valence-corrected chi connectivity index (χ4v) is 4.87. The summed E-state index contributed by atoms with van der Waals surface area (Å²) in [6.07, 6.45) is 5.83. The van der Waals surface area contributed by atoms with E-state index in [9.17, 15) is 8.42 Å². The quantitative estimate of drug-likeness (QED) is 0.794. The van der Waals surface area contributed by atoms with Crippen molar-refractivity contribution < 1.29 is 8.42 Å². The standard InChI is InChI=1S/C16H24BrNO2S/c1-13-6-7-15(10-14(13)2)21(19,20)18-12-16(11-17)8-4-3-5-9-16/h6-7,10,18H,3-5,8-9,11-12H2,1-2H3. The number of alkyl halides is 1. The molecule has 0 saturated heterocycles. The second kappa shape index (κ2) is 6.80. The van der Waals surface area contributed by atoms with Gasteiger partial charge in [0.1, 0.15) is 0 Å². The molecule has 0 atom stereocenters. The molecule has 118 valence electrons. The highest BCUT2D eigenvalue weighted by molar-refractivity contribution is 9.09. The summed E-state index contributed by atoms with van der Waals surface area (Å²) in [6.45, 7) is 4.45. The van der Waals surface area contributed by atoms with Crippen LogP contribution in [0, 0.1) is 19.3 Å². The average molecular weight is 374 g/mol. The third-order valence-electron chi connectivity index (χ3n) is 4.62. The minimum atomic E-state index is -3.42. The lowest BCUT2D eigenvalue weighted by molar-refractivity contribution is 0.227. The van der Waals surface area contributed by atoms with Crippen LogP contribution in [0.2, 0.25) is 0 Å². The minimum absolute atomic E-state index is 0.0745. The Morgan fingerprint density at radius 1 is 1.14 bits per heavy atom. The first-order chi connectivity index (χ1) is 9.88. The number of hydrogen-bond donors (Lipinski definition) is 1. The van der Waals surface area contributed by atoms with Gasteiger partial charge in [-0.2, -0.15) is 0 Å². The van der Waals surface area contributed by atoms with Crippen LogP contribution in [0.25, 0.3) is 0 Å². The Kier molecular flexibility index (Phi) is 5.49. The van der Waals surface area contributed by atoms with E-state index < -0.39 is 10.0 Å². The van der Waals surface area contributed by atoms with Crippen molar-refractivity contribution in [2.75, 3.05) is 11.9 Å². The molecular formula is C16H24BrNO2S. The molecule has 0 aromatic heterocycles. The summed E-state index contributed by atoms with van der Waals surface area (Å²) in [7, 11) is -3.42. The van der Waals surface area contributed by atoms with E-state index in [1.165, 1.54) is 19.3 Å². The van der Waals surface area contributed by atoms with E-state index in [2.05, 4.69) is 20.7 Å². The van der Waals surface area contributed by atoms with Gasteiger partial charge < -0.3 is 0 Å². The third kappa shape index (κ3) is 4.08. The summed E-state index contributed by atoms with van der Waals surface area (Å²) in [6, 6.07) is 5.30. The van der Waals surface area contributed by atoms with E-state index in [1.54, 1.807) is 12.1 Å². The van der Waals surface area contributed by atoms with E-state index in [0.29, 0.717) is 11.4 Å². The van der Waals surface area contributed by atoms with Gasteiger partial charge in [0.25, 0.3) is 0 Å². The Morgan fingerprint density at radius 2 is 1.81 bits per heavy atom. The molecule has 1 aromatic rings. The van der Waals surface area contributed by atoms with E-state index in [1.807, 2.05) is 19.9 Å². The molecule has 0 aliphatic heterocycles. The molecule has 0 heterocycles. The fourth-order valence-electron chi connectivity index (χ4n) is 2.87. The molecule has 5 heteroatoms. The molecule has 1 aliphatic carbocycles. The average Bonchev–Trinajstić information content (AvgIpc) is 2.49. The largest absolute Gasteiger partial charge is 0.240 e.